The van der Waals surface area contributed by atoms with Crippen molar-refractivity contribution in [3.05, 3.63) is 0 Å². The van der Waals surface area contributed by atoms with Crippen molar-refractivity contribution in [2.45, 2.75) is 33.8 Å². The van der Waals surface area contributed by atoms with E-state index in [1.165, 1.54) is 0 Å². The highest BCUT2D eigenvalue weighted by molar-refractivity contribution is 5.78. The number of amides is 2. The van der Waals surface area contributed by atoms with Gasteiger partial charge in [-0.05, 0) is 0 Å². The SMILES string of the molecule is CC.CC(C)C(=O)NCC1CNC(=O)O1. The number of carbonyl (C=O) groups is 2. The van der Waals surface area contributed by atoms with Crippen LogP contribution in [0.5, 0.6) is 0 Å². The van der Waals surface area contributed by atoms with Crippen LogP contribution < -0.4 is 10.6 Å². The molecular weight excluding hydrogens is 196 g/mol. The maximum absolute atomic E-state index is 11.1. The van der Waals surface area contributed by atoms with Gasteiger partial charge in [-0.1, -0.05) is 27.7 Å². The molecule has 1 heterocycles. The van der Waals surface area contributed by atoms with Crippen LogP contribution in [-0.4, -0.2) is 31.2 Å². The Kier molecular flexibility index (Phi) is 6.49. The first-order chi connectivity index (χ1) is 7.09. The van der Waals surface area contributed by atoms with Crippen LogP contribution in [0.4, 0.5) is 4.79 Å². The normalized spacial score (nSPS) is 18.7. The number of nitrogens with one attached hydrogen (secondary N) is 2. The van der Waals surface area contributed by atoms with Gasteiger partial charge in [0.2, 0.25) is 5.91 Å². The van der Waals surface area contributed by atoms with Crippen LogP contribution in [0.3, 0.4) is 0 Å². The fourth-order valence-electron chi connectivity index (χ4n) is 0.964. The highest BCUT2D eigenvalue weighted by Crippen LogP contribution is 1.98. The number of ether oxygens (including phenoxy) is 1. The van der Waals surface area contributed by atoms with Gasteiger partial charge in [-0.25, -0.2) is 4.79 Å². The Morgan fingerprint density at radius 1 is 1.60 bits per heavy atom. The predicted molar refractivity (Wildman–Crippen MR) is 57.5 cm³/mol. The summed E-state index contributed by atoms with van der Waals surface area (Å²) in [6, 6.07) is 0. The fourth-order valence-corrected chi connectivity index (χ4v) is 0.964. The molecule has 15 heavy (non-hydrogen) atoms. The van der Waals surface area contributed by atoms with Crippen LogP contribution in [0.1, 0.15) is 27.7 Å². The molecule has 0 aliphatic carbocycles. The van der Waals surface area contributed by atoms with Gasteiger partial charge >= 0.3 is 6.09 Å². The van der Waals surface area contributed by atoms with Crippen LogP contribution >= 0.6 is 0 Å². The molecule has 0 aromatic rings. The molecular formula is C10H20N2O3. The average Bonchev–Trinajstić information content (AvgIpc) is 2.63. The van der Waals surface area contributed by atoms with Gasteiger partial charge in [0.15, 0.2) is 0 Å². The molecule has 0 aromatic carbocycles. The van der Waals surface area contributed by atoms with E-state index in [1.54, 1.807) is 0 Å². The van der Waals surface area contributed by atoms with Gasteiger partial charge in [0.25, 0.3) is 0 Å². The first-order valence-electron chi connectivity index (χ1n) is 5.32. The maximum Gasteiger partial charge on any atom is 0.407 e. The standard InChI is InChI=1S/C8H14N2O3.C2H6/c1-5(2)7(11)9-3-6-4-10-8(12)13-6;1-2/h5-6H,3-4H2,1-2H3,(H,9,11)(H,10,12);1-2H3. The molecule has 1 saturated heterocycles. The summed E-state index contributed by atoms with van der Waals surface area (Å²) in [7, 11) is 0. The van der Waals surface area contributed by atoms with Gasteiger partial charge in [0, 0.05) is 5.92 Å². The van der Waals surface area contributed by atoms with Gasteiger partial charge in [-0.15, -0.1) is 0 Å². The van der Waals surface area contributed by atoms with Crippen molar-refractivity contribution in [1.82, 2.24) is 10.6 Å². The number of cyclic esters (lactones) is 1. The van der Waals surface area contributed by atoms with Crippen LogP contribution in [-0.2, 0) is 9.53 Å². The zero-order chi connectivity index (χ0) is 11.8. The van der Waals surface area contributed by atoms with Crippen molar-refractivity contribution >= 4 is 12.0 Å². The third-order valence-electron chi connectivity index (χ3n) is 1.78. The highest BCUT2D eigenvalue weighted by atomic mass is 16.6. The molecule has 0 radical (unpaired) electrons. The second-order valence-electron chi connectivity index (χ2n) is 3.31. The van der Waals surface area contributed by atoms with Crippen molar-refractivity contribution in [2.24, 2.45) is 5.92 Å². The molecule has 1 rings (SSSR count). The molecule has 1 unspecified atom stereocenters. The molecule has 2 N–H and O–H groups in total. The average molecular weight is 216 g/mol. The largest absolute Gasteiger partial charge is 0.442 e. The molecule has 5 nitrogen and oxygen atoms in total. The monoisotopic (exact) mass is 216 g/mol. The van der Waals surface area contributed by atoms with Gasteiger partial charge in [0.05, 0.1) is 13.1 Å². The first-order valence-corrected chi connectivity index (χ1v) is 5.32. The van der Waals surface area contributed by atoms with Crippen LogP contribution in [0, 0.1) is 5.92 Å². The van der Waals surface area contributed by atoms with Crippen LogP contribution in [0.25, 0.3) is 0 Å². The first kappa shape index (κ1) is 13.7. The summed E-state index contributed by atoms with van der Waals surface area (Å²) < 4.78 is 4.83. The Bertz CT molecular complexity index is 217. The lowest BCUT2D eigenvalue weighted by molar-refractivity contribution is -0.124. The maximum atomic E-state index is 11.1. The van der Waals surface area contributed by atoms with Gasteiger partial charge in [-0.3, -0.25) is 4.79 Å². The second kappa shape index (κ2) is 7.09. The third-order valence-corrected chi connectivity index (χ3v) is 1.78. The Hall–Kier alpha value is -1.26. The van der Waals surface area contributed by atoms with Gasteiger partial charge < -0.3 is 15.4 Å². The summed E-state index contributed by atoms with van der Waals surface area (Å²) in [5.41, 5.74) is 0. The number of hydrogen-bond acceptors (Lipinski definition) is 3. The summed E-state index contributed by atoms with van der Waals surface area (Å²) >= 11 is 0. The molecule has 0 bridgehead atoms. The molecule has 0 saturated carbocycles. The molecule has 1 aliphatic heterocycles. The van der Waals surface area contributed by atoms with Gasteiger partial charge in [-0.2, -0.15) is 0 Å². The van der Waals surface area contributed by atoms with E-state index >= 15 is 0 Å². The molecule has 2 amide bonds. The van der Waals surface area contributed by atoms with E-state index < -0.39 is 6.09 Å². The Labute approximate surface area is 90.6 Å². The van der Waals surface area contributed by atoms with E-state index in [9.17, 15) is 9.59 Å². The molecule has 88 valence electrons. The van der Waals surface area contributed by atoms with E-state index in [2.05, 4.69) is 10.6 Å². The Morgan fingerprint density at radius 3 is 2.60 bits per heavy atom. The van der Waals surface area contributed by atoms with Gasteiger partial charge in [0.1, 0.15) is 6.10 Å². The highest BCUT2D eigenvalue weighted by Gasteiger charge is 2.22. The molecule has 0 spiro atoms. The number of rotatable bonds is 3. The minimum atomic E-state index is -0.413. The Morgan fingerprint density at radius 2 is 2.20 bits per heavy atom. The summed E-state index contributed by atoms with van der Waals surface area (Å²) in [5.74, 6) is -0.0620. The topological polar surface area (TPSA) is 67.4 Å². The lowest BCUT2D eigenvalue weighted by Crippen LogP contribution is -2.36. The number of carbonyl (C=O) groups excluding carboxylic acids is 2. The van der Waals surface area contributed by atoms with E-state index in [0.29, 0.717) is 13.1 Å². The molecule has 1 atom stereocenters. The smallest absolute Gasteiger partial charge is 0.407 e. The molecule has 1 aliphatic rings. The lowest BCUT2D eigenvalue weighted by Gasteiger charge is -2.10. The number of alkyl carbamates (subject to hydrolysis) is 1. The predicted octanol–water partition coefficient (Wildman–Crippen LogP) is 0.893. The van der Waals surface area contributed by atoms with Crippen molar-refractivity contribution < 1.29 is 14.3 Å². The third kappa shape index (κ3) is 5.24. The van der Waals surface area contributed by atoms with Crippen molar-refractivity contribution in [2.75, 3.05) is 13.1 Å². The minimum absolute atomic E-state index is 0.0250. The van der Waals surface area contributed by atoms with E-state index in [-0.39, 0.29) is 17.9 Å². The Balaban J connectivity index is 0.000000921. The second-order valence-corrected chi connectivity index (χ2v) is 3.31. The van der Waals surface area contributed by atoms with E-state index in [0.717, 1.165) is 0 Å². The van der Waals surface area contributed by atoms with Crippen molar-refractivity contribution in [3.8, 4) is 0 Å². The quantitative estimate of drug-likeness (QED) is 0.736. The zero-order valence-corrected chi connectivity index (χ0v) is 9.79. The zero-order valence-electron chi connectivity index (χ0n) is 9.79. The molecule has 1 fully saturated rings. The summed E-state index contributed by atoms with van der Waals surface area (Å²) in [6.07, 6.45) is -0.640. The molecule has 0 aromatic heterocycles. The van der Waals surface area contributed by atoms with Crippen molar-refractivity contribution in [1.29, 1.82) is 0 Å². The minimum Gasteiger partial charge on any atom is -0.442 e. The summed E-state index contributed by atoms with van der Waals surface area (Å²) in [4.78, 5) is 21.7. The fraction of sp³-hybridized carbons (Fsp3) is 0.800. The lowest BCUT2D eigenvalue weighted by atomic mass is 10.2. The number of hydrogen-bond donors (Lipinski definition) is 2. The molecule has 5 heteroatoms. The van der Waals surface area contributed by atoms with E-state index in [4.69, 9.17) is 4.74 Å². The van der Waals surface area contributed by atoms with Crippen molar-refractivity contribution in [3.63, 3.8) is 0 Å². The van der Waals surface area contributed by atoms with Crippen LogP contribution in [0.15, 0.2) is 0 Å². The summed E-state index contributed by atoms with van der Waals surface area (Å²) in [6.45, 7) is 8.48. The van der Waals surface area contributed by atoms with Crippen LogP contribution in [0.2, 0.25) is 0 Å². The van der Waals surface area contributed by atoms with E-state index in [1.807, 2.05) is 27.7 Å². The summed E-state index contributed by atoms with van der Waals surface area (Å²) in [5, 5.41) is 5.20.